The zero-order valence-corrected chi connectivity index (χ0v) is 14.9. The lowest BCUT2D eigenvalue weighted by Gasteiger charge is -2.35. The van der Waals surface area contributed by atoms with E-state index in [0.29, 0.717) is 25.2 Å². The van der Waals surface area contributed by atoms with Gasteiger partial charge in [-0.1, -0.05) is 12.1 Å². The van der Waals surface area contributed by atoms with E-state index in [1.807, 2.05) is 10.3 Å². The van der Waals surface area contributed by atoms with Gasteiger partial charge in [0.05, 0.1) is 11.0 Å². The summed E-state index contributed by atoms with van der Waals surface area (Å²) < 4.78 is 13.2. The van der Waals surface area contributed by atoms with Crippen molar-refractivity contribution in [3.8, 4) is 0 Å². The lowest BCUT2D eigenvalue weighted by Crippen LogP contribution is -2.38. The number of thiazole rings is 1. The average Bonchev–Trinajstić information content (AvgIpc) is 3.04. The van der Waals surface area contributed by atoms with Gasteiger partial charge in [0.1, 0.15) is 11.5 Å². The first-order chi connectivity index (χ1) is 11.2. The van der Waals surface area contributed by atoms with Crippen molar-refractivity contribution in [3.05, 3.63) is 51.7 Å². The Labute approximate surface area is 151 Å². The number of likely N-dealkylation sites (tertiary alicyclic amines) is 1. The van der Waals surface area contributed by atoms with Gasteiger partial charge in [-0.25, -0.2) is 9.37 Å². The number of hydrogen-bond donors (Lipinski definition) is 1. The number of rotatable bonds is 4. The molecule has 0 aliphatic carbocycles. The summed E-state index contributed by atoms with van der Waals surface area (Å²) in [6.45, 7) is 1.24. The van der Waals surface area contributed by atoms with Gasteiger partial charge in [0.15, 0.2) is 0 Å². The summed E-state index contributed by atoms with van der Waals surface area (Å²) in [6.07, 6.45) is 3.65. The molecule has 1 aromatic heterocycles. The Kier molecular flexibility index (Phi) is 6.71. The number of aromatic nitrogens is 1. The second-order valence-electron chi connectivity index (χ2n) is 5.73. The fourth-order valence-corrected chi connectivity index (χ4v) is 3.79. The van der Waals surface area contributed by atoms with Crippen LogP contribution < -0.4 is 5.73 Å². The summed E-state index contributed by atoms with van der Waals surface area (Å²) in [5.41, 5.74) is 7.02. The topological polar surface area (TPSA) is 59.2 Å². The third-order valence-electron chi connectivity index (χ3n) is 4.15. The highest BCUT2D eigenvalue weighted by molar-refractivity contribution is 7.09. The van der Waals surface area contributed by atoms with Gasteiger partial charge < -0.3 is 10.6 Å². The highest BCUT2D eigenvalue weighted by Gasteiger charge is 2.29. The quantitative estimate of drug-likeness (QED) is 0.896. The number of piperidine rings is 1. The fraction of sp³-hybridized carbons (Fsp3) is 0.412. The number of carbonyl (C=O) groups is 1. The number of carbonyl (C=O) groups excluding carboxylic acids is 1. The fourth-order valence-electron chi connectivity index (χ4n) is 3.00. The first-order valence-electron chi connectivity index (χ1n) is 7.90. The summed E-state index contributed by atoms with van der Waals surface area (Å²) >= 11 is 1.48. The summed E-state index contributed by atoms with van der Waals surface area (Å²) in [6, 6.07) is 6.44. The molecule has 130 valence electrons. The summed E-state index contributed by atoms with van der Waals surface area (Å²) in [5.74, 6) is -0.299. The number of nitrogens with zero attached hydrogens (tertiary/aromatic N) is 2. The Hall–Kier alpha value is -1.50. The Morgan fingerprint density at radius 3 is 2.79 bits per heavy atom. The number of nitrogens with two attached hydrogens (primary N) is 1. The maximum atomic E-state index is 13.2. The number of amides is 1. The standard InChI is InChI=1S/C17H20FN3OS.ClH/c18-13-6-4-12(5-7-13)15-3-1-2-10-21(15)17(22)14-11-23-16(20-14)8-9-19;/h4-7,11,15H,1-3,8-10,19H2;1H. The van der Waals surface area contributed by atoms with Gasteiger partial charge >= 0.3 is 0 Å². The predicted octanol–water partition coefficient (Wildman–Crippen LogP) is 3.57. The Morgan fingerprint density at radius 2 is 2.08 bits per heavy atom. The first-order valence-corrected chi connectivity index (χ1v) is 8.78. The van der Waals surface area contributed by atoms with Crippen molar-refractivity contribution in [2.24, 2.45) is 5.73 Å². The monoisotopic (exact) mass is 369 g/mol. The van der Waals surface area contributed by atoms with Gasteiger partial charge in [0.25, 0.3) is 5.91 Å². The molecular formula is C17H21ClFN3OS. The zero-order valence-electron chi connectivity index (χ0n) is 13.3. The Balaban J connectivity index is 0.00000208. The molecule has 7 heteroatoms. The summed E-state index contributed by atoms with van der Waals surface area (Å²) in [7, 11) is 0. The molecule has 1 aliphatic rings. The second kappa shape index (κ2) is 8.55. The molecule has 1 atom stereocenters. The molecule has 2 heterocycles. The molecule has 1 saturated heterocycles. The molecule has 1 aliphatic heterocycles. The molecule has 1 fully saturated rings. The van der Waals surface area contributed by atoms with E-state index in [1.165, 1.54) is 23.5 Å². The van der Waals surface area contributed by atoms with Gasteiger partial charge in [0, 0.05) is 18.3 Å². The van der Waals surface area contributed by atoms with Crippen molar-refractivity contribution in [2.75, 3.05) is 13.1 Å². The molecule has 24 heavy (non-hydrogen) atoms. The molecule has 4 nitrogen and oxygen atoms in total. The van der Waals surface area contributed by atoms with E-state index in [4.69, 9.17) is 5.73 Å². The molecule has 2 N–H and O–H groups in total. The van der Waals surface area contributed by atoms with Gasteiger partial charge in [-0.2, -0.15) is 0 Å². The van der Waals surface area contributed by atoms with Crippen LogP contribution in [-0.2, 0) is 6.42 Å². The molecule has 0 spiro atoms. The second-order valence-corrected chi connectivity index (χ2v) is 6.67. The number of halogens is 2. The SMILES string of the molecule is Cl.NCCc1nc(C(=O)N2CCCCC2c2ccc(F)cc2)cs1. The van der Waals surface area contributed by atoms with Crippen LogP contribution in [0.5, 0.6) is 0 Å². The van der Waals surface area contributed by atoms with Crippen LogP contribution >= 0.6 is 23.7 Å². The lowest BCUT2D eigenvalue weighted by atomic mass is 9.95. The maximum Gasteiger partial charge on any atom is 0.273 e. The van der Waals surface area contributed by atoms with Crippen LogP contribution in [0.25, 0.3) is 0 Å². The minimum atomic E-state index is -0.256. The molecule has 1 unspecified atom stereocenters. The van der Waals surface area contributed by atoms with E-state index >= 15 is 0 Å². The van der Waals surface area contributed by atoms with Crippen molar-refractivity contribution in [1.29, 1.82) is 0 Å². The van der Waals surface area contributed by atoms with Crippen LogP contribution in [0.15, 0.2) is 29.6 Å². The van der Waals surface area contributed by atoms with Crippen LogP contribution in [0, 0.1) is 5.82 Å². The van der Waals surface area contributed by atoms with Crippen LogP contribution in [0.3, 0.4) is 0 Å². The molecule has 1 aromatic carbocycles. The van der Waals surface area contributed by atoms with Gasteiger partial charge in [-0.05, 0) is 43.5 Å². The van der Waals surface area contributed by atoms with Gasteiger partial charge in [0.2, 0.25) is 0 Å². The van der Waals surface area contributed by atoms with E-state index in [1.54, 1.807) is 12.1 Å². The average molecular weight is 370 g/mol. The van der Waals surface area contributed by atoms with Crippen molar-refractivity contribution in [2.45, 2.75) is 31.7 Å². The summed E-state index contributed by atoms with van der Waals surface area (Å²) in [5, 5.41) is 2.70. The van der Waals surface area contributed by atoms with E-state index < -0.39 is 0 Å². The number of benzene rings is 1. The highest BCUT2D eigenvalue weighted by Crippen LogP contribution is 2.32. The van der Waals surface area contributed by atoms with Gasteiger partial charge in [-0.15, -0.1) is 23.7 Å². The molecule has 0 bridgehead atoms. The molecule has 0 radical (unpaired) electrons. The van der Waals surface area contributed by atoms with Crippen molar-refractivity contribution in [1.82, 2.24) is 9.88 Å². The Morgan fingerprint density at radius 1 is 1.33 bits per heavy atom. The minimum Gasteiger partial charge on any atom is -0.330 e. The lowest BCUT2D eigenvalue weighted by molar-refractivity contribution is 0.0606. The maximum absolute atomic E-state index is 13.2. The Bertz CT molecular complexity index is 677. The van der Waals surface area contributed by atoms with E-state index in [0.717, 1.165) is 29.8 Å². The van der Waals surface area contributed by atoms with E-state index in [-0.39, 0.29) is 30.2 Å². The molecule has 3 rings (SSSR count). The molecule has 2 aromatic rings. The predicted molar refractivity (Wildman–Crippen MR) is 96.1 cm³/mol. The highest BCUT2D eigenvalue weighted by atomic mass is 35.5. The zero-order chi connectivity index (χ0) is 16.2. The van der Waals surface area contributed by atoms with Crippen molar-refractivity contribution in [3.63, 3.8) is 0 Å². The third kappa shape index (κ3) is 4.12. The molecule has 1 amide bonds. The first kappa shape index (κ1) is 18.8. The third-order valence-corrected chi connectivity index (χ3v) is 5.06. The van der Waals surface area contributed by atoms with Gasteiger partial charge in [-0.3, -0.25) is 4.79 Å². The van der Waals surface area contributed by atoms with Crippen LogP contribution in [0.2, 0.25) is 0 Å². The summed E-state index contributed by atoms with van der Waals surface area (Å²) in [4.78, 5) is 19.1. The largest absolute Gasteiger partial charge is 0.330 e. The van der Waals surface area contributed by atoms with Crippen LogP contribution in [0.1, 0.15) is 46.4 Å². The minimum absolute atomic E-state index is 0. The van der Waals surface area contributed by atoms with E-state index in [2.05, 4.69) is 4.98 Å². The van der Waals surface area contributed by atoms with Crippen molar-refractivity contribution < 1.29 is 9.18 Å². The normalized spacial score (nSPS) is 17.4. The van der Waals surface area contributed by atoms with E-state index in [9.17, 15) is 9.18 Å². The number of hydrogen-bond acceptors (Lipinski definition) is 4. The van der Waals surface area contributed by atoms with Crippen LogP contribution in [-0.4, -0.2) is 28.9 Å². The smallest absolute Gasteiger partial charge is 0.273 e. The molecular weight excluding hydrogens is 349 g/mol. The van der Waals surface area contributed by atoms with Crippen LogP contribution in [0.4, 0.5) is 4.39 Å². The van der Waals surface area contributed by atoms with Crippen molar-refractivity contribution >= 4 is 29.7 Å². The molecule has 0 saturated carbocycles.